The number of thiocarbonyl (C=S) groups is 1. The average molecular weight is 423 g/mol. The number of amides is 2. The Labute approximate surface area is 179 Å². The summed E-state index contributed by atoms with van der Waals surface area (Å²) in [5.74, 6) is -2.12. The molecule has 0 aliphatic carbocycles. The highest BCUT2D eigenvalue weighted by Crippen LogP contribution is 2.25. The van der Waals surface area contributed by atoms with Crippen molar-refractivity contribution in [3.8, 4) is 5.75 Å². The lowest BCUT2D eigenvalue weighted by atomic mass is 10.1. The minimum Gasteiger partial charge on any atom is -0.546 e. The monoisotopic (exact) mass is 423 g/mol. The number of nitrogens with one attached hydrogen (secondary N) is 1. The molecule has 0 saturated carbocycles. The highest BCUT2D eigenvalue weighted by atomic mass is 32.1. The summed E-state index contributed by atoms with van der Waals surface area (Å²) < 4.78 is 5.22. The Hall–Kier alpha value is -3.52. The molecule has 1 saturated heterocycles. The number of aryl methyl sites for hydroxylation is 2. The number of aliphatic carboxylic acids is 1. The van der Waals surface area contributed by atoms with Crippen molar-refractivity contribution >= 4 is 46.9 Å². The Bertz CT molecular complexity index is 1060. The third kappa shape index (κ3) is 4.55. The Balaban J connectivity index is 1.90. The molecule has 1 heterocycles. The highest BCUT2D eigenvalue weighted by Gasteiger charge is 2.34. The van der Waals surface area contributed by atoms with E-state index in [1.165, 1.54) is 17.9 Å². The maximum atomic E-state index is 13.1. The summed E-state index contributed by atoms with van der Waals surface area (Å²) in [5.41, 5.74) is 3.00. The van der Waals surface area contributed by atoms with Gasteiger partial charge in [0.25, 0.3) is 11.8 Å². The number of hydrogen-bond acceptors (Lipinski definition) is 6. The van der Waals surface area contributed by atoms with Crippen LogP contribution >= 0.6 is 12.2 Å². The van der Waals surface area contributed by atoms with Gasteiger partial charge in [-0.15, -0.1) is 0 Å². The molecule has 2 aromatic carbocycles. The van der Waals surface area contributed by atoms with Gasteiger partial charge in [-0.3, -0.25) is 19.8 Å². The summed E-state index contributed by atoms with van der Waals surface area (Å²) in [6.07, 6.45) is 0.341. The zero-order valence-electron chi connectivity index (χ0n) is 16.6. The van der Waals surface area contributed by atoms with Gasteiger partial charge in [0.05, 0.1) is 11.7 Å². The van der Waals surface area contributed by atoms with E-state index in [-0.39, 0.29) is 10.7 Å². The van der Waals surface area contributed by atoms with Gasteiger partial charge in [-0.2, -0.15) is 0 Å². The second kappa shape index (κ2) is 8.46. The SMILES string of the molecule is Cc1cc(C)cc(N2C(=O)/C(=C\c3ccc(O[C@@H](C)C(=O)[O-])cc3)C(=O)NC2=S)c1. The largest absolute Gasteiger partial charge is 0.546 e. The van der Waals surface area contributed by atoms with Gasteiger partial charge in [0.1, 0.15) is 17.4 Å². The number of ether oxygens (including phenoxy) is 1. The summed E-state index contributed by atoms with van der Waals surface area (Å²) in [6, 6.07) is 11.9. The summed E-state index contributed by atoms with van der Waals surface area (Å²) in [6.45, 7) is 5.18. The zero-order valence-corrected chi connectivity index (χ0v) is 17.4. The van der Waals surface area contributed by atoms with Crippen LogP contribution in [0.2, 0.25) is 0 Å². The third-order valence-corrected chi connectivity index (χ3v) is 4.69. The molecular weight excluding hydrogens is 404 g/mol. The average Bonchev–Trinajstić information content (AvgIpc) is 2.65. The number of benzene rings is 2. The van der Waals surface area contributed by atoms with Crippen LogP contribution in [0.15, 0.2) is 48.0 Å². The van der Waals surface area contributed by atoms with E-state index in [1.807, 2.05) is 32.0 Å². The number of carboxylic acid groups (broad SMARTS) is 1. The molecule has 0 spiro atoms. The normalized spacial score (nSPS) is 16.4. The van der Waals surface area contributed by atoms with Crippen molar-refractivity contribution in [3.63, 3.8) is 0 Å². The molecule has 154 valence electrons. The lowest BCUT2D eigenvalue weighted by molar-refractivity contribution is -0.312. The van der Waals surface area contributed by atoms with Crippen LogP contribution in [-0.2, 0) is 14.4 Å². The van der Waals surface area contributed by atoms with Crippen LogP contribution in [0.5, 0.6) is 5.75 Å². The summed E-state index contributed by atoms with van der Waals surface area (Å²) >= 11 is 5.22. The number of carbonyl (C=O) groups excluding carboxylic acids is 3. The number of rotatable bonds is 5. The van der Waals surface area contributed by atoms with Crippen LogP contribution in [0, 0.1) is 13.8 Å². The first kappa shape index (κ1) is 21.2. The molecule has 30 heavy (non-hydrogen) atoms. The third-order valence-electron chi connectivity index (χ3n) is 4.40. The van der Waals surface area contributed by atoms with Crippen molar-refractivity contribution in [1.82, 2.24) is 5.32 Å². The van der Waals surface area contributed by atoms with Crippen molar-refractivity contribution in [2.75, 3.05) is 4.90 Å². The smallest absolute Gasteiger partial charge is 0.270 e. The molecule has 2 aromatic rings. The van der Waals surface area contributed by atoms with Crippen LogP contribution in [0.1, 0.15) is 23.6 Å². The molecule has 0 radical (unpaired) electrons. The van der Waals surface area contributed by atoms with Gasteiger partial charge >= 0.3 is 0 Å². The van der Waals surface area contributed by atoms with Crippen molar-refractivity contribution in [2.24, 2.45) is 0 Å². The lowest BCUT2D eigenvalue weighted by Crippen LogP contribution is -2.54. The molecule has 1 atom stereocenters. The number of anilines is 1. The Morgan fingerprint density at radius 1 is 1.13 bits per heavy atom. The number of carbonyl (C=O) groups is 3. The first-order chi connectivity index (χ1) is 14.2. The molecule has 7 nitrogen and oxygen atoms in total. The Morgan fingerprint density at radius 3 is 2.30 bits per heavy atom. The van der Waals surface area contributed by atoms with Crippen LogP contribution < -0.4 is 20.1 Å². The van der Waals surface area contributed by atoms with Crippen molar-refractivity contribution in [3.05, 3.63) is 64.7 Å². The van der Waals surface area contributed by atoms with Crippen molar-refractivity contribution < 1.29 is 24.2 Å². The molecule has 1 aliphatic rings. The lowest BCUT2D eigenvalue weighted by Gasteiger charge is -2.29. The van der Waals surface area contributed by atoms with E-state index in [0.717, 1.165) is 11.1 Å². The van der Waals surface area contributed by atoms with E-state index < -0.39 is 23.9 Å². The standard InChI is InChI=1S/C22H20N2O5S/c1-12-8-13(2)10-16(9-12)24-20(26)18(19(25)23-22(24)30)11-15-4-6-17(7-5-15)29-14(3)21(27)28/h4-11,14H,1-3H3,(H,27,28)(H,23,25,30)/p-1/b18-11-/t14-/m0/s1. The fourth-order valence-electron chi connectivity index (χ4n) is 3.03. The van der Waals surface area contributed by atoms with Crippen LogP contribution in [0.25, 0.3) is 6.08 Å². The minimum atomic E-state index is -1.33. The molecule has 0 aromatic heterocycles. The predicted molar refractivity (Wildman–Crippen MR) is 114 cm³/mol. The molecular formula is C22H19N2O5S-. The maximum Gasteiger partial charge on any atom is 0.270 e. The van der Waals surface area contributed by atoms with E-state index in [4.69, 9.17) is 17.0 Å². The van der Waals surface area contributed by atoms with E-state index in [1.54, 1.807) is 24.3 Å². The molecule has 8 heteroatoms. The maximum absolute atomic E-state index is 13.1. The molecule has 2 amide bonds. The Kier molecular flexibility index (Phi) is 5.98. The fourth-order valence-corrected chi connectivity index (χ4v) is 3.31. The van der Waals surface area contributed by atoms with E-state index in [2.05, 4.69) is 5.32 Å². The quantitative estimate of drug-likeness (QED) is 0.446. The topological polar surface area (TPSA) is 98.8 Å². The molecule has 1 aliphatic heterocycles. The van der Waals surface area contributed by atoms with Crippen LogP contribution in [0.3, 0.4) is 0 Å². The van der Waals surface area contributed by atoms with Gasteiger partial charge in [-0.1, -0.05) is 18.2 Å². The van der Waals surface area contributed by atoms with Gasteiger partial charge in [0.15, 0.2) is 5.11 Å². The number of carboxylic acids is 1. The van der Waals surface area contributed by atoms with Crippen LogP contribution in [0.4, 0.5) is 5.69 Å². The molecule has 1 N–H and O–H groups in total. The zero-order chi connectivity index (χ0) is 22.0. The van der Waals surface area contributed by atoms with E-state index >= 15 is 0 Å². The number of hydrogen-bond donors (Lipinski definition) is 1. The minimum absolute atomic E-state index is 0.0205. The number of nitrogens with zero attached hydrogens (tertiary/aromatic N) is 1. The fraction of sp³-hybridized carbons (Fsp3) is 0.182. The molecule has 0 bridgehead atoms. The Morgan fingerprint density at radius 2 is 1.73 bits per heavy atom. The van der Waals surface area contributed by atoms with Gasteiger partial charge in [-0.05, 0) is 80.0 Å². The molecule has 3 rings (SSSR count). The van der Waals surface area contributed by atoms with Crippen molar-refractivity contribution in [2.45, 2.75) is 26.9 Å². The first-order valence-corrected chi connectivity index (χ1v) is 9.54. The van der Waals surface area contributed by atoms with Gasteiger partial charge in [0, 0.05) is 0 Å². The molecule has 0 unspecified atom stereocenters. The summed E-state index contributed by atoms with van der Waals surface area (Å²) in [7, 11) is 0. The predicted octanol–water partition coefficient (Wildman–Crippen LogP) is 1.65. The van der Waals surface area contributed by atoms with Gasteiger partial charge in [-0.25, -0.2) is 0 Å². The van der Waals surface area contributed by atoms with E-state index in [0.29, 0.717) is 17.0 Å². The van der Waals surface area contributed by atoms with Crippen LogP contribution in [-0.4, -0.2) is 29.0 Å². The summed E-state index contributed by atoms with van der Waals surface area (Å²) in [5, 5.41) is 13.3. The second-order valence-corrected chi connectivity index (χ2v) is 7.34. The second-order valence-electron chi connectivity index (χ2n) is 6.95. The van der Waals surface area contributed by atoms with Gasteiger partial charge in [0.2, 0.25) is 0 Å². The molecule has 1 fully saturated rings. The first-order valence-electron chi connectivity index (χ1n) is 9.13. The van der Waals surface area contributed by atoms with Crippen molar-refractivity contribution in [1.29, 1.82) is 0 Å². The van der Waals surface area contributed by atoms with E-state index in [9.17, 15) is 19.5 Å². The highest BCUT2D eigenvalue weighted by molar-refractivity contribution is 7.80. The van der Waals surface area contributed by atoms with Gasteiger partial charge < -0.3 is 14.6 Å². The summed E-state index contributed by atoms with van der Waals surface area (Å²) in [4.78, 5) is 37.6.